The normalized spacial score (nSPS) is 9.00. The Morgan fingerprint density at radius 2 is 2.33 bits per heavy atom. The zero-order valence-corrected chi connectivity index (χ0v) is 5.61. The van der Waals surface area contributed by atoms with Crippen LogP contribution in [0.2, 0.25) is 0 Å². The van der Waals surface area contributed by atoms with Crippen LogP contribution in [0.1, 0.15) is 6.42 Å². The minimum Gasteiger partial charge on any atom is -0.366 e. The van der Waals surface area contributed by atoms with E-state index in [-0.39, 0.29) is 0 Å². The van der Waals surface area contributed by atoms with Crippen LogP contribution in [0.25, 0.3) is 0 Å². The molecule has 0 aromatic rings. The summed E-state index contributed by atoms with van der Waals surface area (Å²) >= 11 is 0. The van der Waals surface area contributed by atoms with E-state index < -0.39 is 5.91 Å². The molecule has 0 aliphatic heterocycles. The molecule has 0 bridgehead atoms. The zero-order valence-electron chi connectivity index (χ0n) is 5.61. The van der Waals surface area contributed by atoms with Gasteiger partial charge in [-0.15, -0.1) is 0 Å². The van der Waals surface area contributed by atoms with E-state index in [4.69, 9.17) is 5.73 Å². The third kappa shape index (κ3) is 3.73. The third-order valence-corrected chi connectivity index (χ3v) is 1.03. The van der Waals surface area contributed by atoms with Gasteiger partial charge >= 0.3 is 0 Å². The Balaban J connectivity index is 3.39. The van der Waals surface area contributed by atoms with E-state index in [9.17, 15) is 4.79 Å². The molecule has 3 heteroatoms. The van der Waals surface area contributed by atoms with E-state index >= 15 is 0 Å². The van der Waals surface area contributed by atoms with Crippen LogP contribution in [0.3, 0.4) is 0 Å². The van der Waals surface area contributed by atoms with Gasteiger partial charge in [0.15, 0.2) is 0 Å². The molecule has 0 rings (SSSR count). The third-order valence-electron chi connectivity index (χ3n) is 1.03. The van der Waals surface area contributed by atoms with Crippen molar-refractivity contribution in [2.24, 2.45) is 5.73 Å². The molecule has 0 saturated carbocycles. The van der Waals surface area contributed by atoms with Crippen molar-refractivity contribution >= 4 is 5.91 Å². The first-order valence-electron chi connectivity index (χ1n) is 2.80. The Labute approximate surface area is 54.9 Å². The lowest BCUT2D eigenvalue weighted by Gasteiger charge is -1.97. The first kappa shape index (κ1) is 8.17. The molecule has 0 heterocycles. The van der Waals surface area contributed by atoms with Gasteiger partial charge in [0.05, 0.1) is 0 Å². The molecule has 3 N–H and O–H groups in total. The summed E-state index contributed by atoms with van der Waals surface area (Å²) in [5, 5.41) is 2.88. The Morgan fingerprint density at radius 1 is 1.78 bits per heavy atom. The number of amides is 1. The topological polar surface area (TPSA) is 55.1 Å². The fourth-order valence-corrected chi connectivity index (χ4v) is 0.399. The van der Waals surface area contributed by atoms with Crippen LogP contribution in [0.4, 0.5) is 0 Å². The van der Waals surface area contributed by atoms with Crippen molar-refractivity contribution in [2.45, 2.75) is 6.42 Å². The first-order valence-corrected chi connectivity index (χ1v) is 2.80. The van der Waals surface area contributed by atoms with Crippen LogP contribution in [-0.2, 0) is 4.79 Å². The van der Waals surface area contributed by atoms with Crippen molar-refractivity contribution in [2.75, 3.05) is 13.6 Å². The number of primary amides is 1. The van der Waals surface area contributed by atoms with E-state index in [1.54, 1.807) is 0 Å². The molecule has 0 atom stereocenters. The number of hydrogen-bond donors (Lipinski definition) is 2. The van der Waals surface area contributed by atoms with Gasteiger partial charge in [0.25, 0.3) is 0 Å². The summed E-state index contributed by atoms with van der Waals surface area (Å²) in [7, 11) is 1.81. The van der Waals surface area contributed by atoms with Crippen molar-refractivity contribution in [3.63, 3.8) is 0 Å². The highest BCUT2D eigenvalue weighted by Crippen LogP contribution is 1.92. The zero-order chi connectivity index (χ0) is 7.28. The Bertz CT molecular complexity index is 120. The van der Waals surface area contributed by atoms with Crippen LogP contribution < -0.4 is 11.1 Å². The van der Waals surface area contributed by atoms with Gasteiger partial charge in [0.2, 0.25) is 5.91 Å². The lowest BCUT2D eigenvalue weighted by Crippen LogP contribution is -2.17. The van der Waals surface area contributed by atoms with E-state index in [0.29, 0.717) is 12.0 Å². The van der Waals surface area contributed by atoms with Crippen molar-refractivity contribution in [3.05, 3.63) is 12.2 Å². The van der Waals surface area contributed by atoms with Gasteiger partial charge in [0, 0.05) is 5.57 Å². The number of carbonyl (C=O) groups is 1. The van der Waals surface area contributed by atoms with Gasteiger partial charge in [-0.3, -0.25) is 4.79 Å². The van der Waals surface area contributed by atoms with Crippen molar-refractivity contribution < 1.29 is 4.79 Å². The summed E-state index contributed by atoms with van der Waals surface area (Å²) < 4.78 is 0. The predicted molar refractivity (Wildman–Crippen MR) is 36.9 cm³/mol. The van der Waals surface area contributed by atoms with E-state index in [1.165, 1.54) is 0 Å². The van der Waals surface area contributed by atoms with Crippen molar-refractivity contribution in [1.82, 2.24) is 5.32 Å². The first-order chi connectivity index (χ1) is 4.18. The summed E-state index contributed by atoms with van der Waals surface area (Å²) in [6, 6.07) is 0. The lowest BCUT2D eigenvalue weighted by molar-refractivity contribution is -0.114. The van der Waals surface area contributed by atoms with Crippen LogP contribution in [0.5, 0.6) is 0 Å². The van der Waals surface area contributed by atoms with Gasteiger partial charge in [0.1, 0.15) is 0 Å². The van der Waals surface area contributed by atoms with Gasteiger partial charge in [-0.1, -0.05) is 6.58 Å². The molecule has 1 amide bonds. The highest BCUT2D eigenvalue weighted by molar-refractivity contribution is 5.91. The monoisotopic (exact) mass is 128 g/mol. The Morgan fingerprint density at radius 3 is 2.67 bits per heavy atom. The fourth-order valence-electron chi connectivity index (χ4n) is 0.399. The second-order valence-corrected chi connectivity index (χ2v) is 1.82. The van der Waals surface area contributed by atoms with Gasteiger partial charge < -0.3 is 11.1 Å². The van der Waals surface area contributed by atoms with Crippen LogP contribution >= 0.6 is 0 Å². The minimum atomic E-state index is -0.412. The fraction of sp³-hybridized carbons (Fsp3) is 0.500. The lowest BCUT2D eigenvalue weighted by atomic mass is 10.2. The summed E-state index contributed by atoms with van der Waals surface area (Å²) in [4.78, 5) is 10.3. The SMILES string of the molecule is C=C(CCNC)C(N)=O. The minimum absolute atomic E-state index is 0.412. The van der Waals surface area contributed by atoms with E-state index in [0.717, 1.165) is 6.54 Å². The quantitative estimate of drug-likeness (QED) is 0.508. The number of nitrogens with one attached hydrogen (secondary N) is 1. The molecule has 0 unspecified atom stereocenters. The van der Waals surface area contributed by atoms with E-state index in [2.05, 4.69) is 11.9 Å². The predicted octanol–water partition coefficient (Wildman–Crippen LogP) is -0.363. The summed E-state index contributed by atoms with van der Waals surface area (Å²) in [6.07, 6.45) is 0.631. The van der Waals surface area contributed by atoms with E-state index in [1.807, 2.05) is 7.05 Å². The Hall–Kier alpha value is -0.830. The molecule has 0 aliphatic carbocycles. The molecule has 3 nitrogen and oxygen atoms in total. The van der Waals surface area contributed by atoms with Crippen LogP contribution in [0.15, 0.2) is 12.2 Å². The standard InChI is InChI=1S/C6H12N2O/c1-5(6(7)9)3-4-8-2/h8H,1,3-4H2,2H3,(H2,7,9). The molecule has 52 valence electrons. The van der Waals surface area contributed by atoms with Crippen molar-refractivity contribution in [3.8, 4) is 0 Å². The van der Waals surface area contributed by atoms with Gasteiger partial charge in [-0.05, 0) is 20.0 Å². The van der Waals surface area contributed by atoms with Crippen LogP contribution in [-0.4, -0.2) is 19.5 Å². The van der Waals surface area contributed by atoms with Gasteiger partial charge in [-0.2, -0.15) is 0 Å². The molecule has 0 aromatic heterocycles. The van der Waals surface area contributed by atoms with Crippen molar-refractivity contribution in [1.29, 1.82) is 0 Å². The highest BCUT2D eigenvalue weighted by Gasteiger charge is 1.97. The maximum atomic E-state index is 10.3. The molecule has 0 radical (unpaired) electrons. The number of hydrogen-bond acceptors (Lipinski definition) is 2. The van der Waals surface area contributed by atoms with Crippen LogP contribution in [0, 0.1) is 0 Å². The summed E-state index contributed by atoms with van der Waals surface area (Å²) in [5.74, 6) is -0.412. The highest BCUT2D eigenvalue weighted by atomic mass is 16.1. The molecule has 9 heavy (non-hydrogen) atoms. The summed E-state index contributed by atoms with van der Waals surface area (Å²) in [6.45, 7) is 4.23. The molecular weight excluding hydrogens is 116 g/mol. The maximum Gasteiger partial charge on any atom is 0.244 e. The summed E-state index contributed by atoms with van der Waals surface area (Å²) in [5.41, 5.74) is 5.39. The molecule has 0 aromatic carbocycles. The smallest absolute Gasteiger partial charge is 0.244 e. The maximum absolute atomic E-state index is 10.3. The number of rotatable bonds is 4. The number of carbonyl (C=O) groups excluding carboxylic acids is 1. The second-order valence-electron chi connectivity index (χ2n) is 1.82. The second kappa shape index (κ2) is 4.09. The largest absolute Gasteiger partial charge is 0.366 e. The average molecular weight is 128 g/mol. The molecule has 0 fully saturated rings. The average Bonchev–Trinajstić information content (AvgIpc) is 1.82. The molecule has 0 saturated heterocycles. The molecular formula is C6H12N2O. The van der Waals surface area contributed by atoms with Gasteiger partial charge in [-0.25, -0.2) is 0 Å². The molecule has 0 aliphatic rings. The Kier molecular flexibility index (Phi) is 3.71. The molecule has 0 spiro atoms. The number of nitrogens with two attached hydrogens (primary N) is 1.